The summed E-state index contributed by atoms with van der Waals surface area (Å²) in [5.74, 6) is -0.747. The molecule has 9 heteroatoms. The molecule has 1 amide bonds. The molecule has 3 rings (SSSR count). The van der Waals surface area contributed by atoms with Crippen molar-refractivity contribution in [2.24, 2.45) is 0 Å². The van der Waals surface area contributed by atoms with Crippen molar-refractivity contribution >= 4 is 44.3 Å². The number of ether oxygens (including phenoxy) is 1. The van der Waals surface area contributed by atoms with Gasteiger partial charge in [-0.1, -0.05) is 30.3 Å². The molecule has 3 aromatic rings. The standard InChI is InChI=1S/C16H13BrN4O3S/c1-9(22)18-16-19-11(8-25-16)7-24-15(23)14-12(17)13(20-21-14)10-5-3-2-4-6-10/h2-6,8H,7H2,1H3,(H,20,21)(H,18,19,22). The van der Waals surface area contributed by atoms with Crippen LogP contribution in [-0.4, -0.2) is 27.1 Å². The summed E-state index contributed by atoms with van der Waals surface area (Å²) in [4.78, 5) is 27.4. The van der Waals surface area contributed by atoms with Crippen LogP contribution in [0, 0.1) is 0 Å². The predicted octanol–water partition coefficient (Wildman–Crippen LogP) is 3.61. The van der Waals surface area contributed by atoms with E-state index in [1.165, 1.54) is 18.3 Å². The first kappa shape index (κ1) is 17.3. The molecule has 7 nitrogen and oxygen atoms in total. The van der Waals surface area contributed by atoms with Crippen LogP contribution in [0.2, 0.25) is 0 Å². The number of nitrogens with one attached hydrogen (secondary N) is 2. The Kier molecular flexibility index (Phi) is 5.25. The van der Waals surface area contributed by atoms with Crippen molar-refractivity contribution in [1.29, 1.82) is 0 Å². The summed E-state index contributed by atoms with van der Waals surface area (Å²) in [7, 11) is 0. The molecule has 2 N–H and O–H groups in total. The van der Waals surface area contributed by atoms with Crippen LogP contribution >= 0.6 is 27.3 Å². The molecule has 0 aliphatic carbocycles. The van der Waals surface area contributed by atoms with Gasteiger partial charge >= 0.3 is 5.97 Å². The second kappa shape index (κ2) is 7.58. The fraction of sp³-hybridized carbons (Fsp3) is 0.125. The number of anilines is 1. The molecule has 0 aliphatic rings. The normalized spacial score (nSPS) is 10.5. The Hall–Kier alpha value is -2.52. The highest BCUT2D eigenvalue weighted by Gasteiger charge is 2.20. The Labute approximate surface area is 155 Å². The number of amides is 1. The monoisotopic (exact) mass is 420 g/mol. The van der Waals surface area contributed by atoms with Gasteiger partial charge in [-0.15, -0.1) is 11.3 Å². The third-order valence-corrected chi connectivity index (χ3v) is 4.72. The maximum absolute atomic E-state index is 12.3. The van der Waals surface area contributed by atoms with Gasteiger partial charge in [-0.2, -0.15) is 5.10 Å². The van der Waals surface area contributed by atoms with Crippen LogP contribution in [0.15, 0.2) is 40.2 Å². The summed E-state index contributed by atoms with van der Waals surface area (Å²) in [5.41, 5.74) is 2.30. The summed E-state index contributed by atoms with van der Waals surface area (Å²) in [5, 5.41) is 11.6. The highest BCUT2D eigenvalue weighted by Crippen LogP contribution is 2.29. The van der Waals surface area contributed by atoms with Crippen LogP contribution in [0.4, 0.5) is 5.13 Å². The fourth-order valence-electron chi connectivity index (χ4n) is 2.04. The number of rotatable bonds is 5. The number of hydrogen-bond donors (Lipinski definition) is 2. The Morgan fingerprint density at radius 2 is 2.08 bits per heavy atom. The number of esters is 1. The zero-order valence-corrected chi connectivity index (χ0v) is 15.5. The Morgan fingerprint density at radius 1 is 1.32 bits per heavy atom. The Morgan fingerprint density at radius 3 is 2.80 bits per heavy atom. The molecule has 128 valence electrons. The van der Waals surface area contributed by atoms with Crippen molar-refractivity contribution in [3.8, 4) is 11.3 Å². The van der Waals surface area contributed by atoms with Crippen LogP contribution in [0.25, 0.3) is 11.3 Å². The molecule has 2 heterocycles. The van der Waals surface area contributed by atoms with Gasteiger partial charge in [0.05, 0.1) is 10.2 Å². The maximum Gasteiger partial charge on any atom is 0.357 e. The van der Waals surface area contributed by atoms with Gasteiger partial charge in [-0.3, -0.25) is 9.89 Å². The quantitative estimate of drug-likeness (QED) is 0.614. The van der Waals surface area contributed by atoms with Crippen molar-refractivity contribution in [3.63, 3.8) is 0 Å². The summed E-state index contributed by atoms with van der Waals surface area (Å²) in [6, 6.07) is 9.48. The summed E-state index contributed by atoms with van der Waals surface area (Å²) < 4.78 is 5.80. The summed E-state index contributed by atoms with van der Waals surface area (Å²) in [6.07, 6.45) is 0. The van der Waals surface area contributed by atoms with E-state index in [0.29, 0.717) is 21.0 Å². The van der Waals surface area contributed by atoms with E-state index in [9.17, 15) is 9.59 Å². The van der Waals surface area contributed by atoms with E-state index in [1.54, 1.807) is 5.38 Å². The van der Waals surface area contributed by atoms with Gasteiger partial charge in [0.1, 0.15) is 12.3 Å². The molecule has 25 heavy (non-hydrogen) atoms. The first-order chi connectivity index (χ1) is 12.0. The zero-order chi connectivity index (χ0) is 17.8. The smallest absolute Gasteiger partial charge is 0.357 e. The van der Waals surface area contributed by atoms with Gasteiger partial charge in [-0.25, -0.2) is 9.78 Å². The van der Waals surface area contributed by atoms with E-state index >= 15 is 0 Å². The van der Waals surface area contributed by atoms with Gasteiger partial charge in [0.2, 0.25) is 5.91 Å². The van der Waals surface area contributed by atoms with Crippen molar-refractivity contribution in [2.75, 3.05) is 5.32 Å². The largest absolute Gasteiger partial charge is 0.454 e. The number of carbonyl (C=O) groups is 2. The van der Waals surface area contributed by atoms with Gasteiger partial charge in [0.15, 0.2) is 10.8 Å². The molecule has 0 aliphatic heterocycles. The molecule has 1 aromatic carbocycles. The lowest BCUT2D eigenvalue weighted by molar-refractivity contribution is -0.114. The number of hydrogen-bond acceptors (Lipinski definition) is 6. The van der Waals surface area contributed by atoms with Crippen LogP contribution < -0.4 is 5.32 Å². The molecule has 0 radical (unpaired) electrons. The number of carbonyl (C=O) groups excluding carboxylic acids is 2. The third kappa shape index (κ3) is 4.12. The summed E-state index contributed by atoms with van der Waals surface area (Å²) >= 11 is 4.66. The van der Waals surface area contributed by atoms with E-state index < -0.39 is 5.97 Å². The van der Waals surface area contributed by atoms with Gasteiger partial charge in [0, 0.05) is 17.9 Å². The fourth-order valence-corrected chi connectivity index (χ4v) is 3.35. The molecule has 2 aromatic heterocycles. The SMILES string of the molecule is CC(=O)Nc1nc(COC(=O)c2[nH]nc(-c3ccccc3)c2Br)cs1. The average molecular weight is 421 g/mol. The highest BCUT2D eigenvalue weighted by atomic mass is 79.9. The van der Waals surface area contributed by atoms with Crippen LogP contribution in [0.3, 0.4) is 0 Å². The summed E-state index contributed by atoms with van der Waals surface area (Å²) in [6.45, 7) is 1.40. The maximum atomic E-state index is 12.3. The Bertz CT molecular complexity index is 907. The molecule has 0 saturated heterocycles. The van der Waals surface area contributed by atoms with Crippen LogP contribution in [0.5, 0.6) is 0 Å². The van der Waals surface area contributed by atoms with E-state index in [1.807, 2.05) is 30.3 Å². The first-order valence-electron chi connectivity index (χ1n) is 7.23. The zero-order valence-electron chi connectivity index (χ0n) is 13.1. The predicted molar refractivity (Wildman–Crippen MR) is 97.3 cm³/mol. The molecule has 0 fully saturated rings. The average Bonchev–Trinajstić information content (AvgIpc) is 3.19. The molecule has 0 unspecified atom stereocenters. The van der Waals surface area contributed by atoms with Crippen molar-refractivity contribution < 1.29 is 14.3 Å². The lowest BCUT2D eigenvalue weighted by Crippen LogP contribution is -2.08. The van der Waals surface area contributed by atoms with Crippen molar-refractivity contribution in [2.45, 2.75) is 13.5 Å². The van der Waals surface area contributed by atoms with Gasteiger partial charge in [-0.05, 0) is 15.9 Å². The molecular weight excluding hydrogens is 408 g/mol. The Balaban J connectivity index is 1.67. The van der Waals surface area contributed by atoms with E-state index in [0.717, 1.165) is 5.56 Å². The van der Waals surface area contributed by atoms with Crippen molar-refractivity contribution in [3.05, 3.63) is 51.6 Å². The van der Waals surface area contributed by atoms with Gasteiger partial charge in [0.25, 0.3) is 0 Å². The number of thiazole rings is 1. The number of nitrogens with zero attached hydrogens (tertiary/aromatic N) is 2. The third-order valence-electron chi connectivity index (χ3n) is 3.14. The van der Waals surface area contributed by atoms with Gasteiger partial charge < -0.3 is 10.1 Å². The van der Waals surface area contributed by atoms with E-state index in [2.05, 4.69) is 36.4 Å². The number of benzene rings is 1. The second-order valence-corrected chi connectivity index (χ2v) is 6.68. The number of aromatic nitrogens is 3. The van der Waals surface area contributed by atoms with Crippen LogP contribution in [0.1, 0.15) is 23.1 Å². The molecule has 0 spiro atoms. The number of aromatic amines is 1. The molecular formula is C16H13BrN4O3S. The molecule has 0 saturated carbocycles. The number of H-pyrrole nitrogens is 1. The lowest BCUT2D eigenvalue weighted by Gasteiger charge is -2.02. The molecule has 0 bridgehead atoms. The lowest BCUT2D eigenvalue weighted by atomic mass is 10.1. The van der Waals surface area contributed by atoms with E-state index in [-0.39, 0.29) is 18.2 Å². The highest BCUT2D eigenvalue weighted by molar-refractivity contribution is 9.10. The topological polar surface area (TPSA) is 97.0 Å². The minimum Gasteiger partial charge on any atom is -0.454 e. The number of halogens is 1. The van der Waals surface area contributed by atoms with Crippen molar-refractivity contribution in [1.82, 2.24) is 15.2 Å². The minimum absolute atomic E-state index is 0.00104. The van der Waals surface area contributed by atoms with Crippen LogP contribution in [-0.2, 0) is 16.1 Å². The van der Waals surface area contributed by atoms with E-state index in [4.69, 9.17) is 4.74 Å². The second-order valence-electron chi connectivity index (χ2n) is 5.03. The minimum atomic E-state index is -0.546. The molecule has 0 atom stereocenters. The first-order valence-corrected chi connectivity index (χ1v) is 8.90.